The van der Waals surface area contributed by atoms with Crippen molar-refractivity contribution in [3.63, 3.8) is 0 Å². The van der Waals surface area contributed by atoms with E-state index in [1.54, 1.807) is 0 Å². The van der Waals surface area contributed by atoms with Crippen molar-refractivity contribution in [2.75, 3.05) is 0 Å². The molecule has 1 unspecified atom stereocenters. The lowest BCUT2D eigenvalue weighted by Gasteiger charge is -2.26. The molecule has 1 aliphatic heterocycles. The largest absolute Gasteiger partial charge is 0.373 e. The van der Waals surface area contributed by atoms with Gasteiger partial charge >= 0.3 is 0 Å². The number of nitrogens with one attached hydrogen (secondary N) is 1. The molecule has 1 atom stereocenters. The van der Waals surface area contributed by atoms with Gasteiger partial charge in [0.05, 0.1) is 5.41 Å². The van der Waals surface area contributed by atoms with Crippen molar-refractivity contribution in [3.05, 3.63) is 12.2 Å². The highest BCUT2D eigenvalue weighted by Crippen LogP contribution is 2.29. The number of hydrogen-bond donors (Lipinski definition) is 2. The minimum atomic E-state index is -0.807. The molecule has 3 nitrogen and oxygen atoms in total. The lowest BCUT2D eigenvalue weighted by atomic mass is 9.88. The number of rotatable bonds is 0. The maximum absolute atomic E-state index is 11.5. The second-order valence-corrected chi connectivity index (χ2v) is 4.75. The van der Waals surface area contributed by atoms with Crippen molar-refractivity contribution in [1.29, 1.82) is 0 Å². The Labute approximate surface area is 78.8 Å². The van der Waals surface area contributed by atoms with Crippen molar-refractivity contribution in [2.24, 2.45) is 10.8 Å². The summed E-state index contributed by atoms with van der Waals surface area (Å²) in [4.78, 5) is 11.5. The van der Waals surface area contributed by atoms with Crippen molar-refractivity contribution in [2.45, 2.75) is 33.9 Å². The third-order valence-electron chi connectivity index (χ3n) is 2.49. The van der Waals surface area contributed by atoms with Gasteiger partial charge in [-0.3, -0.25) is 4.79 Å². The lowest BCUT2D eigenvalue weighted by Crippen LogP contribution is -2.45. The minimum Gasteiger partial charge on any atom is -0.373 e. The van der Waals surface area contributed by atoms with Crippen LogP contribution in [0.15, 0.2) is 12.2 Å². The fourth-order valence-corrected chi connectivity index (χ4v) is 1.09. The van der Waals surface area contributed by atoms with Crippen molar-refractivity contribution in [3.8, 4) is 0 Å². The van der Waals surface area contributed by atoms with Crippen LogP contribution < -0.4 is 5.32 Å². The number of carbonyl (C=O) groups is 1. The fraction of sp³-hybridized carbons (Fsp3) is 0.700. The molecule has 0 saturated carbocycles. The molecule has 0 spiro atoms. The summed E-state index contributed by atoms with van der Waals surface area (Å²) in [5, 5.41) is 12.2. The molecule has 0 aromatic rings. The molecular weight excluding hydrogens is 166 g/mol. The highest BCUT2D eigenvalue weighted by Gasteiger charge is 2.35. The zero-order chi connectivity index (χ0) is 10.3. The highest BCUT2D eigenvalue weighted by molar-refractivity contribution is 5.84. The van der Waals surface area contributed by atoms with Gasteiger partial charge < -0.3 is 10.4 Å². The van der Waals surface area contributed by atoms with E-state index in [1.807, 2.05) is 39.8 Å². The van der Waals surface area contributed by atoms with Gasteiger partial charge in [0.25, 0.3) is 0 Å². The normalized spacial score (nSPS) is 30.8. The summed E-state index contributed by atoms with van der Waals surface area (Å²) < 4.78 is 0. The molecule has 1 amide bonds. The van der Waals surface area contributed by atoms with Crippen LogP contribution in [0.1, 0.15) is 27.7 Å². The zero-order valence-corrected chi connectivity index (χ0v) is 8.59. The SMILES string of the molecule is CC1(C)C=CC(C)(C)C(O)NC1=O. The summed E-state index contributed by atoms with van der Waals surface area (Å²) in [6.07, 6.45) is 2.92. The Morgan fingerprint density at radius 2 is 1.85 bits per heavy atom. The predicted molar refractivity (Wildman–Crippen MR) is 50.9 cm³/mol. The Morgan fingerprint density at radius 1 is 1.31 bits per heavy atom. The molecule has 0 aromatic heterocycles. The van der Waals surface area contributed by atoms with E-state index in [1.165, 1.54) is 0 Å². The molecule has 74 valence electrons. The van der Waals surface area contributed by atoms with E-state index in [2.05, 4.69) is 5.32 Å². The molecule has 13 heavy (non-hydrogen) atoms. The van der Waals surface area contributed by atoms with E-state index >= 15 is 0 Å². The molecule has 0 fully saturated rings. The Balaban J connectivity index is 3.01. The molecule has 0 aromatic carbocycles. The zero-order valence-electron chi connectivity index (χ0n) is 8.59. The summed E-state index contributed by atoms with van der Waals surface area (Å²) in [6.45, 7) is 7.42. The van der Waals surface area contributed by atoms with E-state index in [9.17, 15) is 9.90 Å². The number of aliphatic hydroxyl groups is 1. The summed E-state index contributed by atoms with van der Waals surface area (Å²) in [5.74, 6) is -0.137. The Kier molecular flexibility index (Phi) is 2.24. The van der Waals surface area contributed by atoms with Crippen LogP contribution in [0.5, 0.6) is 0 Å². The second-order valence-electron chi connectivity index (χ2n) is 4.75. The molecule has 0 aliphatic carbocycles. The summed E-state index contributed by atoms with van der Waals surface area (Å²) >= 11 is 0. The van der Waals surface area contributed by atoms with Crippen molar-refractivity contribution >= 4 is 5.91 Å². The molecule has 0 radical (unpaired) electrons. The van der Waals surface area contributed by atoms with Crippen LogP contribution in [0.3, 0.4) is 0 Å². The molecule has 2 N–H and O–H groups in total. The summed E-state index contributed by atoms with van der Waals surface area (Å²) in [6, 6.07) is 0. The van der Waals surface area contributed by atoms with Crippen molar-refractivity contribution in [1.82, 2.24) is 5.32 Å². The van der Waals surface area contributed by atoms with Gasteiger partial charge in [0.2, 0.25) is 5.91 Å². The van der Waals surface area contributed by atoms with Gasteiger partial charge in [-0.2, -0.15) is 0 Å². The molecule has 0 bridgehead atoms. The molecule has 3 heteroatoms. The van der Waals surface area contributed by atoms with Crippen molar-refractivity contribution < 1.29 is 9.90 Å². The first-order valence-electron chi connectivity index (χ1n) is 4.45. The van der Waals surface area contributed by atoms with Gasteiger partial charge in [-0.15, -0.1) is 0 Å². The maximum atomic E-state index is 11.5. The third-order valence-corrected chi connectivity index (χ3v) is 2.49. The molecule has 1 rings (SSSR count). The monoisotopic (exact) mass is 183 g/mol. The fourth-order valence-electron chi connectivity index (χ4n) is 1.09. The lowest BCUT2D eigenvalue weighted by molar-refractivity contribution is -0.131. The first-order chi connectivity index (χ1) is 5.76. The Morgan fingerprint density at radius 3 is 2.38 bits per heavy atom. The summed E-state index contributed by atoms with van der Waals surface area (Å²) in [5.41, 5.74) is -0.932. The van der Waals surface area contributed by atoms with E-state index in [0.29, 0.717) is 0 Å². The maximum Gasteiger partial charge on any atom is 0.231 e. The standard InChI is InChI=1S/C10H17NO2/c1-9(2)5-6-10(3,4)8(13)11-7(9)12/h5-7,12H,1-4H3,(H,11,13). The predicted octanol–water partition coefficient (Wildman–Crippen LogP) is 1.04. The average Bonchev–Trinajstić information content (AvgIpc) is 2.05. The van der Waals surface area contributed by atoms with E-state index in [-0.39, 0.29) is 5.91 Å². The minimum absolute atomic E-state index is 0.137. The first-order valence-corrected chi connectivity index (χ1v) is 4.45. The van der Waals surface area contributed by atoms with Crippen LogP contribution in [-0.2, 0) is 4.79 Å². The van der Waals surface area contributed by atoms with E-state index in [0.717, 1.165) is 0 Å². The highest BCUT2D eigenvalue weighted by atomic mass is 16.3. The van der Waals surface area contributed by atoms with Crippen LogP contribution in [0.2, 0.25) is 0 Å². The number of carbonyl (C=O) groups excluding carboxylic acids is 1. The average molecular weight is 183 g/mol. The van der Waals surface area contributed by atoms with Gasteiger partial charge in [-0.25, -0.2) is 0 Å². The van der Waals surface area contributed by atoms with Gasteiger partial charge in [-0.05, 0) is 13.8 Å². The molecule has 0 saturated heterocycles. The van der Waals surface area contributed by atoms with Crippen LogP contribution >= 0.6 is 0 Å². The second kappa shape index (κ2) is 2.84. The van der Waals surface area contributed by atoms with E-state index < -0.39 is 17.1 Å². The van der Waals surface area contributed by atoms with Gasteiger partial charge in [-0.1, -0.05) is 26.0 Å². The van der Waals surface area contributed by atoms with Crippen LogP contribution in [-0.4, -0.2) is 17.2 Å². The third kappa shape index (κ3) is 1.91. The van der Waals surface area contributed by atoms with Crippen LogP contribution in [0.4, 0.5) is 0 Å². The number of amides is 1. The smallest absolute Gasteiger partial charge is 0.231 e. The van der Waals surface area contributed by atoms with Gasteiger partial charge in [0, 0.05) is 5.41 Å². The van der Waals surface area contributed by atoms with Crippen LogP contribution in [0, 0.1) is 10.8 Å². The topological polar surface area (TPSA) is 49.3 Å². The van der Waals surface area contributed by atoms with E-state index in [4.69, 9.17) is 0 Å². The summed E-state index contributed by atoms with van der Waals surface area (Å²) in [7, 11) is 0. The quantitative estimate of drug-likeness (QED) is 0.551. The Bertz CT molecular complexity index is 254. The van der Waals surface area contributed by atoms with Gasteiger partial charge in [0.15, 0.2) is 0 Å². The number of hydrogen-bond acceptors (Lipinski definition) is 2. The number of aliphatic hydroxyl groups excluding tert-OH is 1. The Hall–Kier alpha value is -0.830. The van der Waals surface area contributed by atoms with Crippen LogP contribution in [0.25, 0.3) is 0 Å². The first kappa shape index (κ1) is 10.3. The molecule has 1 heterocycles. The molecule has 1 aliphatic rings. The molecular formula is C10H17NO2. The van der Waals surface area contributed by atoms with Gasteiger partial charge in [0.1, 0.15) is 6.23 Å².